The van der Waals surface area contributed by atoms with E-state index in [4.69, 9.17) is 11.6 Å². The van der Waals surface area contributed by atoms with Gasteiger partial charge in [-0.25, -0.2) is 14.1 Å². The van der Waals surface area contributed by atoms with Crippen LogP contribution in [0.2, 0.25) is 5.02 Å². The summed E-state index contributed by atoms with van der Waals surface area (Å²) in [5, 5.41) is 5.20. The molecule has 1 amide bonds. The van der Waals surface area contributed by atoms with Crippen molar-refractivity contribution in [3.05, 3.63) is 76.6 Å². The van der Waals surface area contributed by atoms with Gasteiger partial charge in [0.25, 0.3) is 5.91 Å². The summed E-state index contributed by atoms with van der Waals surface area (Å²) in [6, 6.07) is 10.1. The third kappa shape index (κ3) is 4.43. The molecule has 0 unspecified atom stereocenters. The Morgan fingerprint density at radius 3 is 2.56 bits per heavy atom. The molecule has 1 heterocycles. The molecule has 1 N–H and O–H groups in total. The van der Waals surface area contributed by atoms with E-state index in [2.05, 4.69) is 10.1 Å². The molecular formula is C17H11ClF4N4O. The minimum absolute atomic E-state index is 0.320. The Hall–Kier alpha value is -2.94. The van der Waals surface area contributed by atoms with Gasteiger partial charge in [-0.05, 0) is 17.7 Å². The van der Waals surface area contributed by atoms with Crippen molar-refractivity contribution in [3.63, 3.8) is 0 Å². The number of nitrogens with one attached hydrogen (secondary N) is 1. The molecule has 0 aliphatic carbocycles. The molecule has 0 saturated heterocycles. The topological polar surface area (TPSA) is 59.8 Å². The van der Waals surface area contributed by atoms with Crippen molar-refractivity contribution in [1.29, 1.82) is 0 Å². The van der Waals surface area contributed by atoms with Crippen molar-refractivity contribution in [3.8, 4) is 0 Å². The van der Waals surface area contributed by atoms with Crippen molar-refractivity contribution in [2.24, 2.45) is 0 Å². The summed E-state index contributed by atoms with van der Waals surface area (Å²) in [5.41, 5.74) is -0.990. The van der Waals surface area contributed by atoms with E-state index >= 15 is 0 Å². The number of nitrogens with zero attached hydrogens (tertiary/aromatic N) is 3. The zero-order chi connectivity index (χ0) is 19.6. The van der Waals surface area contributed by atoms with Gasteiger partial charge in [0.05, 0.1) is 22.8 Å². The van der Waals surface area contributed by atoms with Crippen molar-refractivity contribution in [1.82, 2.24) is 14.8 Å². The third-order valence-electron chi connectivity index (χ3n) is 3.53. The number of amides is 1. The highest BCUT2D eigenvalue weighted by Gasteiger charge is 2.32. The quantitative estimate of drug-likeness (QED) is 0.663. The van der Waals surface area contributed by atoms with Crippen molar-refractivity contribution < 1.29 is 22.4 Å². The molecule has 27 heavy (non-hydrogen) atoms. The Balaban J connectivity index is 1.79. The summed E-state index contributed by atoms with van der Waals surface area (Å²) >= 11 is 5.49. The average molecular weight is 399 g/mol. The fourth-order valence-electron chi connectivity index (χ4n) is 2.27. The average Bonchev–Trinajstić information content (AvgIpc) is 3.07. The molecule has 0 bridgehead atoms. The summed E-state index contributed by atoms with van der Waals surface area (Å²) in [6.45, 7) is 0.338. The van der Waals surface area contributed by atoms with Gasteiger partial charge in [-0.1, -0.05) is 41.9 Å². The second-order valence-corrected chi connectivity index (χ2v) is 5.93. The molecule has 2 aromatic carbocycles. The first-order valence-corrected chi connectivity index (χ1v) is 7.93. The fourth-order valence-corrected chi connectivity index (χ4v) is 2.49. The molecule has 0 saturated carbocycles. The first-order valence-electron chi connectivity index (χ1n) is 7.55. The lowest BCUT2D eigenvalue weighted by Gasteiger charge is -2.11. The molecule has 3 aromatic rings. The van der Waals surface area contributed by atoms with Gasteiger partial charge in [-0.3, -0.25) is 4.79 Å². The summed E-state index contributed by atoms with van der Waals surface area (Å²) in [6.07, 6.45) is -3.45. The summed E-state index contributed by atoms with van der Waals surface area (Å²) in [5.74, 6) is -2.46. The number of rotatable bonds is 4. The van der Waals surface area contributed by atoms with Crippen LogP contribution in [-0.2, 0) is 12.7 Å². The van der Waals surface area contributed by atoms with Gasteiger partial charge in [-0.15, -0.1) is 5.10 Å². The summed E-state index contributed by atoms with van der Waals surface area (Å²) < 4.78 is 53.8. The smallest absolute Gasteiger partial charge is 0.317 e. The molecule has 5 nitrogen and oxygen atoms in total. The molecule has 0 aliphatic rings. The maximum Gasteiger partial charge on any atom is 0.416 e. The Kier molecular flexibility index (Phi) is 5.13. The maximum atomic E-state index is 14.0. The Morgan fingerprint density at radius 2 is 1.89 bits per heavy atom. The predicted octanol–water partition coefficient (Wildman–Crippen LogP) is 4.39. The van der Waals surface area contributed by atoms with Crippen LogP contribution in [0.25, 0.3) is 0 Å². The third-order valence-corrected chi connectivity index (χ3v) is 3.81. The van der Waals surface area contributed by atoms with Crippen LogP contribution < -0.4 is 5.32 Å². The van der Waals surface area contributed by atoms with Gasteiger partial charge in [0, 0.05) is 0 Å². The predicted molar refractivity (Wildman–Crippen MR) is 89.9 cm³/mol. The van der Waals surface area contributed by atoms with E-state index in [1.165, 1.54) is 11.0 Å². The van der Waals surface area contributed by atoms with Gasteiger partial charge in [0.15, 0.2) is 5.82 Å². The molecule has 1 aromatic heterocycles. The first kappa shape index (κ1) is 18.8. The van der Waals surface area contributed by atoms with Gasteiger partial charge in [0.2, 0.25) is 5.82 Å². The monoisotopic (exact) mass is 398 g/mol. The lowest BCUT2D eigenvalue weighted by atomic mass is 10.2. The van der Waals surface area contributed by atoms with Crippen LogP contribution >= 0.6 is 11.6 Å². The van der Waals surface area contributed by atoms with Crippen LogP contribution in [0.5, 0.6) is 0 Å². The van der Waals surface area contributed by atoms with Crippen LogP contribution in [0.4, 0.5) is 23.2 Å². The maximum absolute atomic E-state index is 14.0. The number of hydrogen-bond donors (Lipinski definition) is 1. The largest absolute Gasteiger partial charge is 0.416 e. The fraction of sp³-hybridized carbons (Fsp3) is 0.118. The lowest BCUT2D eigenvalue weighted by Crippen LogP contribution is -2.17. The molecule has 0 radical (unpaired) electrons. The van der Waals surface area contributed by atoms with E-state index in [1.54, 1.807) is 0 Å². The Labute approximate surface area is 155 Å². The van der Waals surface area contributed by atoms with E-state index in [0.29, 0.717) is 18.7 Å². The number of hydrogen-bond acceptors (Lipinski definition) is 3. The summed E-state index contributed by atoms with van der Waals surface area (Å²) in [7, 11) is 0. The highest BCUT2D eigenvalue weighted by atomic mass is 35.5. The van der Waals surface area contributed by atoms with Gasteiger partial charge >= 0.3 is 6.18 Å². The molecule has 0 fully saturated rings. The Bertz CT molecular complexity index is 973. The number of carbonyl (C=O) groups excluding carboxylic acids is 1. The molecule has 140 valence electrons. The minimum atomic E-state index is -4.74. The highest BCUT2D eigenvalue weighted by Crippen LogP contribution is 2.35. The van der Waals surface area contributed by atoms with E-state index in [-0.39, 0.29) is 5.82 Å². The molecular weight excluding hydrogens is 388 g/mol. The number of aromatic nitrogens is 3. The standard InChI is InChI=1S/C17H11ClF4N4O/c18-12-6-11(17(20,21)22)7-13(14(12)19)24-16(27)15-23-9-26(25-15)8-10-4-2-1-3-5-10/h1-7,9H,8H2,(H,24,27). The number of carbonyl (C=O) groups is 1. The number of halogens is 5. The molecule has 10 heteroatoms. The first-order chi connectivity index (χ1) is 12.7. The van der Waals surface area contributed by atoms with Crippen LogP contribution in [0.3, 0.4) is 0 Å². The number of anilines is 1. The van der Waals surface area contributed by atoms with Crippen LogP contribution in [0, 0.1) is 5.82 Å². The molecule has 0 spiro atoms. The number of benzene rings is 2. The van der Waals surface area contributed by atoms with Gasteiger partial charge in [0.1, 0.15) is 6.33 Å². The highest BCUT2D eigenvalue weighted by molar-refractivity contribution is 6.31. The molecule has 0 aliphatic heterocycles. The van der Waals surface area contributed by atoms with Crippen molar-refractivity contribution in [2.75, 3.05) is 5.32 Å². The van der Waals surface area contributed by atoms with E-state index < -0.39 is 34.2 Å². The normalized spacial score (nSPS) is 11.4. The van der Waals surface area contributed by atoms with E-state index in [1.807, 2.05) is 35.6 Å². The number of alkyl halides is 3. The minimum Gasteiger partial charge on any atom is -0.317 e. The van der Waals surface area contributed by atoms with Crippen molar-refractivity contribution in [2.45, 2.75) is 12.7 Å². The van der Waals surface area contributed by atoms with Gasteiger partial charge in [-0.2, -0.15) is 13.2 Å². The molecule has 3 rings (SSSR count). The molecule has 0 atom stereocenters. The van der Waals surface area contributed by atoms with Crippen LogP contribution in [-0.4, -0.2) is 20.7 Å². The zero-order valence-corrected chi connectivity index (χ0v) is 14.2. The second-order valence-electron chi connectivity index (χ2n) is 5.52. The summed E-state index contributed by atoms with van der Waals surface area (Å²) in [4.78, 5) is 16.0. The van der Waals surface area contributed by atoms with Gasteiger partial charge < -0.3 is 5.32 Å². The zero-order valence-electron chi connectivity index (χ0n) is 13.5. The van der Waals surface area contributed by atoms with E-state index in [0.717, 1.165) is 5.56 Å². The SMILES string of the molecule is O=C(Nc1cc(C(F)(F)F)cc(Cl)c1F)c1ncn(Cc2ccccc2)n1. The lowest BCUT2D eigenvalue weighted by molar-refractivity contribution is -0.137. The Morgan fingerprint density at radius 1 is 1.19 bits per heavy atom. The van der Waals surface area contributed by atoms with Crippen molar-refractivity contribution >= 4 is 23.2 Å². The van der Waals surface area contributed by atoms with Crippen LogP contribution in [0.1, 0.15) is 21.7 Å². The van der Waals surface area contributed by atoms with E-state index in [9.17, 15) is 22.4 Å². The van der Waals surface area contributed by atoms with Crippen LogP contribution in [0.15, 0.2) is 48.8 Å². The second kappa shape index (κ2) is 7.36.